The molecule has 1 saturated heterocycles. The Kier molecular flexibility index (Phi) is 5.58. The number of hydrogen-bond donors (Lipinski definition) is 1. The summed E-state index contributed by atoms with van der Waals surface area (Å²) in [6, 6.07) is 0. The minimum Gasteiger partial charge on any atom is -0.392 e. The van der Waals surface area contributed by atoms with E-state index in [-0.39, 0.29) is 6.10 Å². The van der Waals surface area contributed by atoms with Gasteiger partial charge in [0.1, 0.15) is 0 Å². The second-order valence-corrected chi connectivity index (χ2v) is 4.79. The molecule has 0 spiro atoms. The van der Waals surface area contributed by atoms with Crippen molar-refractivity contribution in [2.45, 2.75) is 45.8 Å². The highest BCUT2D eigenvalue weighted by atomic mass is 16.5. The van der Waals surface area contributed by atoms with Gasteiger partial charge in [-0.05, 0) is 32.2 Å². The number of aliphatic hydroxyl groups is 1. The van der Waals surface area contributed by atoms with Crippen molar-refractivity contribution in [3.63, 3.8) is 0 Å². The van der Waals surface area contributed by atoms with E-state index in [2.05, 4.69) is 18.7 Å². The van der Waals surface area contributed by atoms with E-state index in [1.807, 2.05) is 6.92 Å². The third-order valence-corrected chi connectivity index (χ3v) is 3.08. The van der Waals surface area contributed by atoms with Gasteiger partial charge in [0, 0.05) is 19.7 Å². The van der Waals surface area contributed by atoms with E-state index < -0.39 is 0 Å². The topological polar surface area (TPSA) is 32.7 Å². The second kappa shape index (κ2) is 6.46. The van der Waals surface area contributed by atoms with Gasteiger partial charge in [0.25, 0.3) is 0 Å². The van der Waals surface area contributed by atoms with Gasteiger partial charge in [0.15, 0.2) is 0 Å². The van der Waals surface area contributed by atoms with Crippen LogP contribution in [0.4, 0.5) is 0 Å². The van der Waals surface area contributed by atoms with E-state index in [1.165, 1.54) is 12.8 Å². The van der Waals surface area contributed by atoms with E-state index in [9.17, 15) is 5.11 Å². The second-order valence-electron chi connectivity index (χ2n) is 4.79. The minimum absolute atomic E-state index is 0.203. The van der Waals surface area contributed by atoms with Gasteiger partial charge in [-0.1, -0.05) is 13.8 Å². The summed E-state index contributed by atoms with van der Waals surface area (Å²) < 4.78 is 5.63. The number of aliphatic hydroxyl groups excluding tert-OH is 1. The first-order valence-corrected chi connectivity index (χ1v) is 6.15. The molecule has 0 aromatic carbocycles. The number of rotatable bonds is 5. The van der Waals surface area contributed by atoms with Crippen LogP contribution in [0.1, 0.15) is 33.6 Å². The van der Waals surface area contributed by atoms with Crippen LogP contribution in [-0.2, 0) is 4.74 Å². The van der Waals surface area contributed by atoms with Crippen molar-refractivity contribution in [3.05, 3.63) is 0 Å². The normalized spacial score (nSPS) is 25.8. The summed E-state index contributed by atoms with van der Waals surface area (Å²) in [7, 11) is 0. The molecule has 1 fully saturated rings. The van der Waals surface area contributed by atoms with Crippen molar-refractivity contribution < 1.29 is 9.84 Å². The van der Waals surface area contributed by atoms with Crippen LogP contribution in [0.5, 0.6) is 0 Å². The molecule has 15 heavy (non-hydrogen) atoms. The summed E-state index contributed by atoms with van der Waals surface area (Å²) in [5.41, 5.74) is 0. The lowest BCUT2D eigenvalue weighted by atomic mass is 10.0. The Balaban J connectivity index is 2.29. The predicted octanol–water partition coefficient (Wildman–Crippen LogP) is 1.50. The molecule has 1 aliphatic heterocycles. The van der Waals surface area contributed by atoms with Crippen LogP contribution in [0.25, 0.3) is 0 Å². The van der Waals surface area contributed by atoms with Crippen molar-refractivity contribution in [1.82, 2.24) is 4.90 Å². The zero-order valence-corrected chi connectivity index (χ0v) is 10.3. The first-order valence-electron chi connectivity index (χ1n) is 6.15. The maximum absolute atomic E-state index is 9.81. The Bertz CT molecular complexity index is 171. The highest BCUT2D eigenvalue weighted by molar-refractivity contribution is 4.76. The van der Waals surface area contributed by atoms with Gasteiger partial charge in [0.05, 0.1) is 12.2 Å². The zero-order chi connectivity index (χ0) is 11.3. The zero-order valence-electron chi connectivity index (χ0n) is 10.3. The Morgan fingerprint density at radius 2 is 2.20 bits per heavy atom. The monoisotopic (exact) mass is 215 g/mol. The lowest BCUT2D eigenvalue weighted by Crippen LogP contribution is -2.44. The third kappa shape index (κ3) is 4.49. The molecule has 2 unspecified atom stereocenters. The molecule has 1 N–H and O–H groups in total. The molecular weight excluding hydrogens is 190 g/mol. The Labute approximate surface area is 93.4 Å². The summed E-state index contributed by atoms with van der Waals surface area (Å²) in [5.74, 6) is 0.345. The van der Waals surface area contributed by atoms with Crippen LogP contribution in [0, 0.1) is 5.92 Å². The van der Waals surface area contributed by atoms with E-state index in [1.54, 1.807) is 0 Å². The van der Waals surface area contributed by atoms with Crippen molar-refractivity contribution in [2.24, 2.45) is 5.92 Å². The number of likely N-dealkylation sites (tertiary alicyclic amines) is 1. The number of hydrogen-bond acceptors (Lipinski definition) is 3. The first kappa shape index (κ1) is 12.9. The molecule has 3 heteroatoms. The SMILES string of the molecule is CCOC1CCCN(CC(O)C(C)C)C1. The van der Waals surface area contributed by atoms with Gasteiger partial charge < -0.3 is 9.84 Å². The van der Waals surface area contributed by atoms with E-state index in [4.69, 9.17) is 4.74 Å². The van der Waals surface area contributed by atoms with Crippen molar-refractivity contribution >= 4 is 0 Å². The Morgan fingerprint density at radius 3 is 2.80 bits per heavy atom. The standard InChI is InChI=1S/C12H25NO2/c1-4-15-11-6-5-7-13(8-11)9-12(14)10(2)3/h10-12,14H,4-9H2,1-3H3. The van der Waals surface area contributed by atoms with Crippen molar-refractivity contribution in [3.8, 4) is 0 Å². The minimum atomic E-state index is -0.203. The number of piperidine rings is 1. The van der Waals surface area contributed by atoms with E-state index in [0.29, 0.717) is 12.0 Å². The summed E-state index contributed by atoms with van der Waals surface area (Å²) in [6.07, 6.45) is 2.53. The smallest absolute Gasteiger partial charge is 0.0702 e. The van der Waals surface area contributed by atoms with Gasteiger partial charge in [0.2, 0.25) is 0 Å². The molecule has 0 aliphatic carbocycles. The quantitative estimate of drug-likeness (QED) is 0.754. The van der Waals surface area contributed by atoms with Crippen LogP contribution >= 0.6 is 0 Å². The average Bonchev–Trinajstić information content (AvgIpc) is 2.18. The van der Waals surface area contributed by atoms with Crippen LogP contribution in [0.3, 0.4) is 0 Å². The molecule has 3 nitrogen and oxygen atoms in total. The molecule has 1 rings (SSSR count). The summed E-state index contributed by atoms with van der Waals surface area (Å²) in [6.45, 7) is 9.85. The van der Waals surface area contributed by atoms with Crippen molar-refractivity contribution in [2.75, 3.05) is 26.2 Å². The maximum Gasteiger partial charge on any atom is 0.0702 e. The number of ether oxygens (including phenoxy) is 1. The fourth-order valence-electron chi connectivity index (χ4n) is 2.03. The van der Waals surface area contributed by atoms with Crippen LogP contribution in [-0.4, -0.2) is 48.5 Å². The molecule has 0 amide bonds. The van der Waals surface area contributed by atoms with Crippen LogP contribution in [0.2, 0.25) is 0 Å². The summed E-state index contributed by atoms with van der Waals surface area (Å²) in [4.78, 5) is 2.33. The maximum atomic E-state index is 9.81. The predicted molar refractivity (Wildman–Crippen MR) is 61.9 cm³/mol. The first-order chi connectivity index (χ1) is 7.13. The highest BCUT2D eigenvalue weighted by Crippen LogP contribution is 2.14. The van der Waals surface area contributed by atoms with Gasteiger partial charge >= 0.3 is 0 Å². The van der Waals surface area contributed by atoms with E-state index in [0.717, 1.165) is 26.2 Å². The molecule has 0 radical (unpaired) electrons. The van der Waals surface area contributed by atoms with Crippen molar-refractivity contribution in [1.29, 1.82) is 0 Å². The molecule has 0 aromatic heterocycles. The van der Waals surface area contributed by atoms with Crippen LogP contribution < -0.4 is 0 Å². The Hall–Kier alpha value is -0.120. The van der Waals surface area contributed by atoms with Gasteiger partial charge in [-0.3, -0.25) is 4.90 Å². The molecular formula is C12H25NO2. The molecule has 2 atom stereocenters. The van der Waals surface area contributed by atoms with Crippen LogP contribution in [0.15, 0.2) is 0 Å². The molecule has 90 valence electrons. The summed E-state index contributed by atoms with van der Waals surface area (Å²) in [5, 5.41) is 9.81. The van der Waals surface area contributed by atoms with Gasteiger partial charge in [-0.15, -0.1) is 0 Å². The van der Waals surface area contributed by atoms with Gasteiger partial charge in [-0.25, -0.2) is 0 Å². The molecule has 1 aliphatic rings. The molecule has 0 bridgehead atoms. The number of nitrogens with zero attached hydrogens (tertiary/aromatic N) is 1. The fourth-order valence-corrected chi connectivity index (χ4v) is 2.03. The molecule has 0 saturated carbocycles. The number of β-amino-alcohol motifs (C(OH)–C–C–N with tert-alkyl or cyclic N) is 1. The third-order valence-electron chi connectivity index (χ3n) is 3.08. The van der Waals surface area contributed by atoms with E-state index >= 15 is 0 Å². The summed E-state index contributed by atoms with van der Waals surface area (Å²) >= 11 is 0. The fraction of sp³-hybridized carbons (Fsp3) is 1.00. The largest absolute Gasteiger partial charge is 0.392 e. The van der Waals surface area contributed by atoms with Gasteiger partial charge in [-0.2, -0.15) is 0 Å². The highest BCUT2D eigenvalue weighted by Gasteiger charge is 2.22. The lowest BCUT2D eigenvalue weighted by molar-refractivity contribution is -0.0124. The average molecular weight is 215 g/mol. The molecule has 1 heterocycles. The molecule has 0 aromatic rings. The Morgan fingerprint density at radius 1 is 1.47 bits per heavy atom. The lowest BCUT2D eigenvalue weighted by Gasteiger charge is -2.34.